The number of aliphatic hydroxyl groups excluding tert-OH is 1. The van der Waals surface area contributed by atoms with Gasteiger partial charge in [0.15, 0.2) is 0 Å². The number of carbonyl (C=O) groups is 1. The molecule has 8 heteroatoms. The molecule has 2 aromatic rings. The number of fused-ring (bicyclic) bond motifs is 1. The number of aliphatic hydroxyl groups is 1. The third-order valence-electron chi connectivity index (χ3n) is 7.49. The molecule has 2 aliphatic rings. The van der Waals surface area contributed by atoms with Gasteiger partial charge in [0.1, 0.15) is 11.4 Å². The van der Waals surface area contributed by atoms with Gasteiger partial charge in [0, 0.05) is 44.3 Å². The molecule has 1 aliphatic heterocycles. The van der Waals surface area contributed by atoms with E-state index in [0.29, 0.717) is 18.9 Å². The van der Waals surface area contributed by atoms with Crippen LogP contribution in [0.5, 0.6) is 5.88 Å². The molecule has 4 rings (SSSR count). The molecular weight excluding hydrogens is 485 g/mol. The van der Waals surface area contributed by atoms with E-state index < -0.39 is 12.1 Å². The summed E-state index contributed by atoms with van der Waals surface area (Å²) >= 11 is 0. The standard InChI is InChI=1S/C30H42FN3O4/c1-29(2,3)16-21-14-23-25(17-30(11-5-12-30)38-28(23)33-18-21)32-19-26(35)24(34-27(36)10-13-37-4)15-20-6-8-22(31)9-7-20/h6-9,14,18,24-26,32,35H,5,10-13,15-17,19H2,1-4H3,(H,34,36)/t24-,25-,26+/m0/s1. The Labute approximate surface area is 225 Å². The average Bonchev–Trinajstić information content (AvgIpc) is 2.84. The second-order valence-electron chi connectivity index (χ2n) is 12.1. The Bertz CT molecular complexity index is 1080. The van der Waals surface area contributed by atoms with Gasteiger partial charge in [-0.3, -0.25) is 4.79 Å². The molecule has 38 heavy (non-hydrogen) atoms. The highest BCUT2D eigenvalue weighted by Crippen LogP contribution is 2.48. The molecule has 1 aliphatic carbocycles. The van der Waals surface area contributed by atoms with Crippen molar-refractivity contribution in [2.45, 2.75) is 89.5 Å². The van der Waals surface area contributed by atoms with Crippen LogP contribution in [0.25, 0.3) is 0 Å². The van der Waals surface area contributed by atoms with Crippen molar-refractivity contribution < 1.29 is 23.8 Å². The number of aromatic nitrogens is 1. The van der Waals surface area contributed by atoms with Crippen LogP contribution >= 0.6 is 0 Å². The van der Waals surface area contributed by atoms with Crippen LogP contribution < -0.4 is 15.4 Å². The Balaban J connectivity index is 1.49. The predicted octanol–water partition coefficient (Wildman–Crippen LogP) is 4.27. The summed E-state index contributed by atoms with van der Waals surface area (Å²) in [4.78, 5) is 17.2. The SMILES string of the molecule is COCCC(=O)N[C@@H](Cc1ccc(F)cc1)[C@H](O)CN[C@H]1CC2(CCC2)Oc2ncc(CC(C)(C)C)cc21. The Hall–Kier alpha value is -2.55. The molecule has 0 radical (unpaired) electrons. The Morgan fingerprint density at radius 3 is 2.63 bits per heavy atom. The van der Waals surface area contributed by atoms with Crippen molar-refractivity contribution in [1.82, 2.24) is 15.6 Å². The zero-order valence-corrected chi connectivity index (χ0v) is 23.1. The molecule has 1 saturated carbocycles. The third-order valence-corrected chi connectivity index (χ3v) is 7.49. The molecular formula is C30H42FN3O4. The smallest absolute Gasteiger partial charge is 0.222 e. The lowest BCUT2D eigenvalue weighted by molar-refractivity contribution is -0.123. The molecule has 1 aromatic carbocycles. The quantitative estimate of drug-likeness (QED) is 0.404. The summed E-state index contributed by atoms with van der Waals surface area (Å²) in [5, 5.41) is 17.8. The molecule has 208 valence electrons. The summed E-state index contributed by atoms with van der Waals surface area (Å²) in [5.41, 5.74) is 2.96. The van der Waals surface area contributed by atoms with Crippen LogP contribution in [0.2, 0.25) is 0 Å². The highest BCUT2D eigenvalue weighted by molar-refractivity contribution is 5.76. The number of methoxy groups -OCH3 is 1. The van der Waals surface area contributed by atoms with Crippen LogP contribution in [0.4, 0.5) is 4.39 Å². The minimum absolute atomic E-state index is 0.0169. The number of carbonyl (C=O) groups excluding carboxylic acids is 1. The van der Waals surface area contributed by atoms with Crippen molar-refractivity contribution in [2.75, 3.05) is 20.3 Å². The maximum Gasteiger partial charge on any atom is 0.222 e. The van der Waals surface area contributed by atoms with E-state index in [1.165, 1.54) is 12.1 Å². The van der Waals surface area contributed by atoms with Crippen molar-refractivity contribution in [1.29, 1.82) is 0 Å². The zero-order valence-electron chi connectivity index (χ0n) is 23.1. The molecule has 3 atom stereocenters. The first-order chi connectivity index (χ1) is 18.1. The van der Waals surface area contributed by atoms with E-state index >= 15 is 0 Å². The van der Waals surface area contributed by atoms with Crippen LogP contribution in [0.1, 0.15) is 75.6 Å². The van der Waals surface area contributed by atoms with Gasteiger partial charge in [0.25, 0.3) is 0 Å². The highest BCUT2D eigenvalue weighted by atomic mass is 19.1. The summed E-state index contributed by atoms with van der Waals surface area (Å²) in [6.45, 7) is 7.20. The number of nitrogens with zero attached hydrogens (tertiary/aromatic N) is 1. The highest BCUT2D eigenvalue weighted by Gasteiger charge is 2.46. The molecule has 0 saturated heterocycles. The van der Waals surface area contributed by atoms with Gasteiger partial charge in [0.2, 0.25) is 11.8 Å². The molecule has 0 unspecified atom stereocenters. The fourth-order valence-corrected chi connectivity index (χ4v) is 5.38. The molecule has 0 bridgehead atoms. The average molecular weight is 528 g/mol. The number of benzene rings is 1. The minimum atomic E-state index is -0.860. The zero-order chi connectivity index (χ0) is 27.3. The van der Waals surface area contributed by atoms with E-state index in [2.05, 4.69) is 37.5 Å². The summed E-state index contributed by atoms with van der Waals surface area (Å²) in [6.07, 6.45) is 6.50. The van der Waals surface area contributed by atoms with Gasteiger partial charge in [0.05, 0.1) is 18.8 Å². The Morgan fingerprint density at radius 1 is 1.26 bits per heavy atom. The summed E-state index contributed by atoms with van der Waals surface area (Å²) in [7, 11) is 1.55. The second kappa shape index (κ2) is 12.1. The molecule has 7 nitrogen and oxygen atoms in total. The number of nitrogens with one attached hydrogen (secondary N) is 2. The number of hydrogen-bond donors (Lipinski definition) is 3. The Kier molecular flexibility index (Phi) is 9.06. The fourth-order valence-electron chi connectivity index (χ4n) is 5.38. The topological polar surface area (TPSA) is 92.7 Å². The van der Waals surface area contributed by atoms with E-state index in [0.717, 1.165) is 48.8 Å². The van der Waals surface area contributed by atoms with Crippen molar-refractivity contribution >= 4 is 5.91 Å². The molecule has 2 heterocycles. The molecule has 1 amide bonds. The largest absolute Gasteiger partial charge is 0.471 e. The monoisotopic (exact) mass is 527 g/mol. The molecule has 1 spiro atoms. The predicted molar refractivity (Wildman–Crippen MR) is 145 cm³/mol. The van der Waals surface area contributed by atoms with Crippen LogP contribution in [-0.2, 0) is 22.4 Å². The molecule has 3 N–H and O–H groups in total. The van der Waals surface area contributed by atoms with E-state index in [-0.39, 0.29) is 41.7 Å². The lowest BCUT2D eigenvalue weighted by atomic mass is 9.73. The number of hydrogen-bond acceptors (Lipinski definition) is 6. The molecule has 1 fully saturated rings. The Morgan fingerprint density at radius 2 is 2.00 bits per heavy atom. The van der Waals surface area contributed by atoms with Crippen molar-refractivity contribution in [2.24, 2.45) is 5.41 Å². The van der Waals surface area contributed by atoms with Gasteiger partial charge in [-0.25, -0.2) is 9.37 Å². The van der Waals surface area contributed by atoms with E-state index in [1.807, 2.05) is 6.20 Å². The van der Waals surface area contributed by atoms with Crippen LogP contribution in [0, 0.1) is 11.2 Å². The maximum absolute atomic E-state index is 13.4. The van der Waals surface area contributed by atoms with Gasteiger partial charge in [-0.1, -0.05) is 32.9 Å². The fraction of sp³-hybridized carbons (Fsp3) is 0.600. The van der Waals surface area contributed by atoms with E-state index in [9.17, 15) is 14.3 Å². The van der Waals surface area contributed by atoms with Gasteiger partial charge >= 0.3 is 0 Å². The number of ether oxygens (including phenoxy) is 2. The lowest BCUT2D eigenvalue weighted by Gasteiger charge is -2.47. The van der Waals surface area contributed by atoms with Crippen molar-refractivity contribution in [3.8, 4) is 5.88 Å². The van der Waals surface area contributed by atoms with E-state index in [1.54, 1.807) is 19.2 Å². The summed E-state index contributed by atoms with van der Waals surface area (Å²) in [5.74, 6) is 0.161. The maximum atomic E-state index is 13.4. The number of halogens is 1. The summed E-state index contributed by atoms with van der Waals surface area (Å²) in [6, 6.07) is 7.77. The number of amides is 1. The normalized spacial score (nSPS) is 19.7. The third kappa shape index (κ3) is 7.52. The molecule has 1 aromatic heterocycles. The van der Waals surface area contributed by atoms with Gasteiger partial charge in [-0.2, -0.15) is 0 Å². The first-order valence-corrected chi connectivity index (χ1v) is 13.7. The minimum Gasteiger partial charge on any atom is -0.471 e. The van der Waals surface area contributed by atoms with Crippen molar-refractivity contribution in [3.05, 3.63) is 59.0 Å². The first-order valence-electron chi connectivity index (χ1n) is 13.7. The number of rotatable bonds is 11. The van der Waals surface area contributed by atoms with Gasteiger partial charge in [-0.15, -0.1) is 0 Å². The van der Waals surface area contributed by atoms with Gasteiger partial charge < -0.3 is 25.2 Å². The lowest BCUT2D eigenvalue weighted by Crippen LogP contribution is -2.52. The first kappa shape index (κ1) is 28.5. The van der Waals surface area contributed by atoms with Gasteiger partial charge in [-0.05, 0) is 66.8 Å². The van der Waals surface area contributed by atoms with Crippen molar-refractivity contribution in [3.63, 3.8) is 0 Å². The van der Waals surface area contributed by atoms with Crippen LogP contribution in [-0.4, -0.2) is 54.0 Å². The number of pyridine rings is 1. The second-order valence-corrected chi connectivity index (χ2v) is 12.1. The van der Waals surface area contributed by atoms with Crippen LogP contribution in [0.15, 0.2) is 36.5 Å². The summed E-state index contributed by atoms with van der Waals surface area (Å²) < 4.78 is 24.9. The van der Waals surface area contributed by atoms with Crippen LogP contribution in [0.3, 0.4) is 0 Å². The van der Waals surface area contributed by atoms with E-state index in [4.69, 9.17) is 14.5 Å².